The van der Waals surface area contributed by atoms with E-state index in [-0.39, 0.29) is 32.3 Å². The first kappa shape index (κ1) is 42.2. The third-order valence-corrected chi connectivity index (χ3v) is 8.42. The lowest BCUT2D eigenvalue weighted by Gasteiger charge is -2.20. The van der Waals surface area contributed by atoms with Crippen LogP contribution in [0.3, 0.4) is 0 Å². The Morgan fingerprint density at radius 3 is 1.70 bits per heavy atom. The Morgan fingerprint density at radius 1 is 0.674 bits per heavy atom. The number of phosphoric ester groups is 1. The maximum Gasteiger partial charge on any atom is 0.472 e. The first-order valence-corrected chi connectivity index (χ1v) is 19.2. The van der Waals surface area contributed by atoms with Crippen LogP contribution in [0.2, 0.25) is 0 Å². The quantitative estimate of drug-likeness (QED) is 0.0311. The van der Waals surface area contributed by atoms with Gasteiger partial charge in [-0.1, -0.05) is 129 Å². The number of nitrogens with two attached hydrogens (primary N) is 1. The molecule has 43 heavy (non-hydrogen) atoms. The van der Waals surface area contributed by atoms with E-state index >= 15 is 0 Å². The summed E-state index contributed by atoms with van der Waals surface area (Å²) in [6, 6.07) is 0. The number of ether oxygens (including phenoxy) is 2. The molecule has 0 rings (SSSR count). The maximum absolute atomic E-state index is 12.4. The lowest BCUT2D eigenvalue weighted by atomic mass is 10.1. The zero-order chi connectivity index (χ0) is 31.7. The summed E-state index contributed by atoms with van der Waals surface area (Å²) in [5.74, 6) is -0.337. The average molecular weight is 634 g/mol. The Balaban J connectivity index is 4.05. The molecule has 0 aliphatic rings. The number of hydrogen-bond donors (Lipinski definition) is 2. The second-order valence-electron chi connectivity index (χ2n) is 11.7. The fourth-order valence-corrected chi connectivity index (χ4v) is 5.58. The molecule has 256 valence electrons. The van der Waals surface area contributed by atoms with Gasteiger partial charge >= 0.3 is 13.8 Å². The summed E-state index contributed by atoms with van der Waals surface area (Å²) in [5.41, 5.74) is 5.33. The lowest BCUT2D eigenvalue weighted by Crippen LogP contribution is -2.28. The minimum absolute atomic E-state index is 0.0941. The van der Waals surface area contributed by atoms with Gasteiger partial charge in [0.1, 0.15) is 6.10 Å². The Morgan fingerprint density at radius 2 is 1.16 bits per heavy atom. The van der Waals surface area contributed by atoms with E-state index in [2.05, 4.69) is 26.0 Å². The van der Waals surface area contributed by atoms with Gasteiger partial charge in [-0.15, -0.1) is 0 Å². The molecule has 3 N–H and O–H groups in total. The number of esters is 1. The highest BCUT2D eigenvalue weighted by atomic mass is 31.2. The van der Waals surface area contributed by atoms with Crippen molar-refractivity contribution in [3.8, 4) is 0 Å². The standard InChI is InChI=1S/C34H68NO7P/c1-3-5-7-9-11-13-14-15-16-17-18-19-20-22-24-26-29-39-31-33(32-41-43(37,38)40-30-28-35)42-34(36)27-25-23-21-12-10-8-6-4-2/h15-16,33H,3-14,17-32,35H2,1-2H3,(H,37,38)/b16-15-. The molecule has 0 spiro atoms. The van der Waals surface area contributed by atoms with Gasteiger partial charge < -0.3 is 20.1 Å². The molecule has 8 nitrogen and oxygen atoms in total. The van der Waals surface area contributed by atoms with Gasteiger partial charge in [0.05, 0.1) is 19.8 Å². The number of hydrogen-bond acceptors (Lipinski definition) is 7. The summed E-state index contributed by atoms with van der Waals surface area (Å²) in [4.78, 5) is 22.2. The number of rotatable bonds is 34. The molecular formula is C34H68NO7P. The summed E-state index contributed by atoms with van der Waals surface area (Å²) >= 11 is 0. The monoisotopic (exact) mass is 633 g/mol. The van der Waals surface area contributed by atoms with Crippen LogP contribution in [0.25, 0.3) is 0 Å². The Kier molecular flexibility index (Phi) is 32.1. The molecule has 0 aliphatic carbocycles. The van der Waals surface area contributed by atoms with Crippen LogP contribution >= 0.6 is 7.82 Å². The third-order valence-electron chi connectivity index (χ3n) is 7.43. The highest BCUT2D eigenvalue weighted by molar-refractivity contribution is 7.47. The SMILES string of the molecule is CCCCCCCC/C=C\CCCCCCCCOCC(COP(=O)(O)OCCN)OC(=O)CCCCCCCCCC. The van der Waals surface area contributed by atoms with Gasteiger partial charge in [-0.05, 0) is 38.5 Å². The molecule has 0 radical (unpaired) electrons. The fourth-order valence-electron chi connectivity index (χ4n) is 4.81. The van der Waals surface area contributed by atoms with Gasteiger partial charge in [0.2, 0.25) is 0 Å². The number of phosphoric acid groups is 1. The highest BCUT2D eigenvalue weighted by Crippen LogP contribution is 2.43. The van der Waals surface area contributed by atoms with Crippen molar-refractivity contribution >= 4 is 13.8 Å². The Hall–Kier alpha value is -0.760. The van der Waals surface area contributed by atoms with Crippen molar-refractivity contribution in [1.29, 1.82) is 0 Å². The topological polar surface area (TPSA) is 117 Å². The van der Waals surface area contributed by atoms with Crippen molar-refractivity contribution in [3.63, 3.8) is 0 Å². The van der Waals surface area contributed by atoms with Crippen LogP contribution in [0.4, 0.5) is 0 Å². The first-order valence-electron chi connectivity index (χ1n) is 17.7. The number of allylic oxidation sites excluding steroid dienone is 2. The van der Waals surface area contributed by atoms with E-state index < -0.39 is 13.9 Å². The Bertz CT molecular complexity index is 677. The van der Waals surface area contributed by atoms with Crippen LogP contribution in [0, 0.1) is 0 Å². The number of carbonyl (C=O) groups excluding carboxylic acids is 1. The average Bonchev–Trinajstić information content (AvgIpc) is 2.99. The molecule has 2 unspecified atom stereocenters. The summed E-state index contributed by atoms with van der Waals surface area (Å²) in [7, 11) is -4.26. The molecule has 9 heteroatoms. The molecule has 0 aromatic rings. The second kappa shape index (κ2) is 32.6. The van der Waals surface area contributed by atoms with Gasteiger partial charge in [0.25, 0.3) is 0 Å². The molecule has 0 saturated carbocycles. The van der Waals surface area contributed by atoms with Crippen molar-refractivity contribution in [3.05, 3.63) is 12.2 Å². The van der Waals surface area contributed by atoms with Crippen LogP contribution < -0.4 is 5.73 Å². The van der Waals surface area contributed by atoms with Crippen LogP contribution in [0.1, 0.15) is 162 Å². The molecule has 2 atom stereocenters. The van der Waals surface area contributed by atoms with E-state index in [9.17, 15) is 14.3 Å². The van der Waals surface area contributed by atoms with E-state index in [1.807, 2.05) is 0 Å². The van der Waals surface area contributed by atoms with E-state index in [0.29, 0.717) is 13.0 Å². The van der Waals surface area contributed by atoms with Crippen molar-refractivity contribution < 1.29 is 32.8 Å². The smallest absolute Gasteiger partial charge is 0.457 e. The van der Waals surface area contributed by atoms with Gasteiger partial charge in [0.15, 0.2) is 0 Å². The van der Waals surface area contributed by atoms with Crippen LogP contribution in [0.15, 0.2) is 12.2 Å². The molecule has 0 aliphatic heterocycles. The van der Waals surface area contributed by atoms with E-state index in [4.69, 9.17) is 24.3 Å². The minimum atomic E-state index is -4.26. The Labute approximate surface area is 264 Å². The van der Waals surface area contributed by atoms with E-state index in [0.717, 1.165) is 32.1 Å². The first-order chi connectivity index (χ1) is 20.9. The lowest BCUT2D eigenvalue weighted by molar-refractivity contribution is -0.154. The van der Waals surface area contributed by atoms with Gasteiger partial charge in [0, 0.05) is 19.6 Å². The molecule has 0 aromatic carbocycles. The molecule has 0 saturated heterocycles. The zero-order valence-electron chi connectivity index (χ0n) is 28.0. The molecule has 0 amide bonds. The summed E-state index contributed by atoms with van der Waals surface area (Å²) < 4.78 is 33.1. The third kappa shape index (κ3) is 32.4. The van der Waals surface area contributed by atoms with Crippen molar-refractivity contribution in [2.45, 2.75) is 168 Å². The predicted molar refractivity (Wildman–Crippen MR) is 178 cm³/mol. The largest absolute Gasteiger partial charge is 0.472 e. The van der Waals surface area contributed by atoms with Crippen molar-refractivity contribution in [1.82, 2.24) is 0 Å². The van der Waals surface area contributed by atoms with Crippen LogP contribution in [-0.2, 0) is 27.9 Å². The number of unbranched alkanes of at least 4 members (excludes halogenated alkanes) is 19. The summed E-state index contributed by atoms with van der Waals surface area (Å²) in [6.45, 7) is 4.87. The molecule has 0 aromatic heterocycles. The molecule has 0 bridgehead atoms. The second-order valence-corrected chi connectivity index (χ2v) is 13.2. The van der Waals surface area contributed by atoms with Crippen molar-refractivity contribution in [2.75, 3.05) is 33.0 Å². The predicted octanol–water partition coefficient (Wildman–Crippen LogP) is 9.58. The number of carbonyl (C=O) groups is 1. The summed E-state index contributed by atoms with van der Waals surface area (Å²) in [6.07, 6.45) is 30.9. The van der Waals surface area contributed by atoms with Crippen LogP contribution in [-0.4, -0.2) is 49.9 Å². The van der Waals surface area contributed by atoms with Gasteiger partial charge in [-0.2, -0.15) is 0 Å². The van der Waals surface area contributed by atoms with Crippen LogP contribution in [0.5, 0.6) is 0 Å². The molecule has 0 heterocycles. The molecular weight excluding hydrogens is 565 g/mol. The normalized spacial score (nSPS) is 13.9. The maximum atomic E-state index is 12.4. The molecule has 0 fully saturated rings. The van der Waals surface area contributed by atoms with Crippen molar-refractivity contribution in [2.24, 2.45) is 5.73 Å². The minimum Gasteiger partial charge on any atom is -0.457 e. The van der Waals surface area contributed by atoms with Gasteiger partial charge in [-0.25, -0.2) is 4.57 Å². The highest BCUT2D eigenvalue weighted by Gasteiger charge is 2.25. The summed E-state index contributed by atoms with van der Waals surface area (Å²) in [5, 5.41) is 0. The fraction of sp³-hybridized carbons (Fsp3) is 0.912. The van der Waals surface area contributed by atoms with Gasteiger partial charge in [-0.3, -0.25) is 13.8 Å². The van der Waals surface area contributed by atoms with E-state index in [1.165, 1.54) is 109 Å². The van der Waals surface area contributed by atoms with E-state index in [1.54, 1.807) is 0 Å². The zero-order valence-corrected chi connectivity index (χ0v) is 28.8.